The van der Waals surface area contributed by atoms with Crippen molar-refractivity contribution in [3.05, 3.63) is 12.3 Å². The highest BCUT2D eigenvalue weighted by Crippen LogP contribution is 2.40. The molecule has 1 aromatic heterocycles. The molecule has 0 radical (unpaired) electrons. The number of alkyl halides is 1. The summed E-state index contributed by atoms with van der Waals surface area (Å²) in [5, 5.41) is 0. The van der Waals surface area contributed by atoms with Crippen LogP contribution in [-0.4, -0.2) is 33.5 Å². The number of rotatable bonds is 3. The maximum Gasteiger partial charge on any atom is 0.229 e. The van der Waals surface area contributed by atoms with Crippen LogP contribution in [0.25, 0.3) is 0 Å². The molecule has 1 aromatic rings. The second-order valence-corrected chi connectivity index (χ2v) is 6.28. The van der Waals surface area contributed by atoms with Crippen molar-refractivity contribution in [1.29, 1.82) is 0 Å². The summed E-state index contributed by atoms with van der Waals surface area (Å²) in [6.45, 7) is 2.62. The quantitative estimate of drug-likeness (QED) is 0.805. The van der Waals surface area contributed by atoms with Crippen LogP contribution in [0.2, 0.25) is 0 Å². The van der Waals surface area contributed by atoms with Crippen molar-refractivity contribution in [2.45, 2.75) is 49.5 Å². The number of hydrogen-bond acceptors (Lipinski definition) is 4. The zero-order valence-corrected chi connectivity index (χ0v) is 12.1. The van der Waals surface area contributed by atoms with Crippen LogP contribution in [0.3, 0.4) is 0 Å². The summed E-state index contributed by atoms with van der Waals surface area (Å²) in [7, 11) is 0. The third kappa shape index (κ3) is 2.20. The van der Waals surface area contributed by atoms with Crippen molar-refractivity contribution in [2.24, 2.45) is 0 Å². The molecule has 98 valence electrons. The summed E-state index contributed by atoms with van der Waals surface area (Å²) in [5.74, 6) is 1.52. The molecule has 2 atom stereocenters. The van der Waals surface area contributed by atoms with Crippen LogP contribution in [0, 0.1) is 0 Å². The number of ether oxygens (including phenoxy) is 1. The van der Waals surface area contributed by atoms with Gasteiger partial charge in [0, 0.05) is 29.2 Å². The Hall–Kier alpha value is -0.840. The minimum absolute atomic E-state index is 0.588. The number of piperidine rings is 1. The first-order valence-corrected chi connectivity index (χ1v) is 7.57. The van der Waals surface area contributed by atoms with Crippen LogP contribution in [0.4, 0.5) is 5.95 Å². The lowest BCUT2D eigenvalue weighted by Crippen LogP contribution is -2.44. The van der Waals surface area contributed by atoms with Crippen molar-refractivity contribution in [3.8, 4) is 5.88 Å². The molecule has 0 amide bonds. The van der Waals surface area contributed by atoms with Crippen molar-refractivity contribution < 1.29 is 4.74 Å². The van der Waals surface area contributed by atoms with Crippen molar-refractivity contribution in [3.63, 3.8) is 0 Å². The van der Waals surface area contributed by atoms with E-state index in [-0.39, 0.29) is 0 Å². The van der Waals surface area contributed by atoms with Gasteiger partial charge in [-0.1, -0.05) is 15.9 Å². The molecule has 2 aliphatic heterocycles. The molecule has 2 aliphatic rings. The zero-order chi connectivity index (χ0) is 12.5. The van der Waals surface area contributed by atoms with E-state index in [1.165, 1.54) is 25.7 Å². The monoisotopic (exact) mass is 311 g/mol. The van der Waals surface area contributed by atoms with E-state index in [1.807, 2.05) is 13.0 Å². The van der Waals surface area contributed by atoms with E-state index in [0.717, 1.165) is 5.95 Å². The van der Waals surface area contributed by atoms with E-state index >= 15 is 0 Å². The standard InChI is InChI=1S/C13H18BrN3O/c1-2-18-12-5-6-15-13(16-12)17-10-3-4-11(17)8-9(14)7-10/h5-6,9-11H,2-4,7-8H2,1H3. The maximum absolute atomic E-state index is 5.46. The fraction of sp³-hybridized carbons (Fsp3) is 0.692. The molecular formula is C13H18BrN3O. The summed E-state index contributed by atoms with van der Waals surface area (Å²) in [5.41, 5.74) is 0. The molecule has 2 bridgehead atoms. The van der Waals surface area contributed by atoms with Gasteiger partial charge in [-0.3, -0.25) is 0 Å². The first-order chi connectivity index (χ1) is 8.78. The molecule has 2 saturated heterocycles. The SMILES string of the molecule is CCOc1ccnc(N2C3CCC2CC(Br)C3)n1. The Morgan fingerprint density at radius 1 is 1.39 bits per heavy atom. The molecule has 5 heteroatoms. The van der Waals surface area contributed by atoms with Crippen LogP contribution < -0.4 is 9.64 Å². The molecule has 0 saturated carbocycles. The molecule has 0 spiro atoms. The van der Waals surface area contributed by atoms with E-state index < -0.39 is 0 Å². The van der Waals surface area contributed by atoms with Gasteiger partial charge < -0.3 is 9.64 Å². The Labute approximate surface area is 116 Å². The first kappa shape index (κ1) is 12.2. The van der Waals surface area contributed by atoms with Crippen molar-refractivity contribution in [1.82, 2.24) is 9.97 Å². The van der Waals surface area contributed by atoms with Gasteiger partial charge in [0.2, 0.25) is 11.8 Å². The second kappa shape index (κ2) is 5.03. The second-order valence-electron chi connectivity index (χ2n) is 4.99. The number of hydrogen-bond donors (Lipinski definition) is 0. The predicted octanol–water partition coefficient (Wildman–Crippen LogP) is 2.77. The minimum Gasteiger partial charge on any atom is -0.478 e. The van der Waals surface area contributed by atoms with E-state index in [0.29, 0.717) is 29.4 Å². The summed E-state index contributed by atoms with van der Waals surface area (Å²) in [4.78, 5) is 12.0. The lowest BCUT2D eigenvalue weighted by Gasteiger charge is -2.37. The highest BCUT2D eigenvalue weighted by atomic mass is 79.9. The third-order valence-corrected chi connectivity index (χ3v) is 4.56. The molecule has 0 aliphatic carbocycles. The summed E-state index contributed by atoms with van der Waals surface area (Å²) in [6.07, 6.45) is 6.70. The number of halogens is 1. The molecule has 0 aromatic carbocycles. The predicted molar refractivity (Wildman–Crippen MR) is 74.4 cm³/mol. The highest BCUT2D eigenvalue weighted by molar-refractivity contribution is 9.09. The van der Waals surface area contributed by atoms with Crippen LogP contribution >= 0.6 is 15.9 Å². The van der Waals surface area contributed by atoms with Crippen LogP contribution in [0.15, 0.2) is 12.3 Å². The van der Waals surface area contributed by atoms with Crippen LogP contribution in [0.1, 0.15) is 32.6 Å². The van der Waals surface area contributed by atoms with Crippen molar-refractivity contribution in [2.75, 3.05) is 11.5 Å². The average Bonchev–Trinajstić information content (AvgIpc) is 2.63. The Kier molecular flexibility index (Phi) is 3.41. The van der Waals surface area contributed by atoms with Crippen LogP contribution in [0.5, 0.6) is 5.88 Å². The van der Waals surface area contributed by atoms with E-state index in [1.54, 1.807) is 6.20 Å². The first-order valence-electron chi connectivity index (χ1n) is 6.66. The van der Waals surface area contributed by atoms with Gasteiger partial charge in [0.15, 0.2) is 0 Å². The lowest BCUT2D eigenvalue weighted by atomic mass is 10.0. The van der Waals surface area contributed by atoms with Gasteiger partial charge >= 0.3 is 0 Å². The molecule has 18 heavy (non-hydrogen) atoms. The van der Waals surface area contributed by atoms with Gasteiger partial charge in [-0.2, -0.15) is 4.98 Å². The molecule has 3 rings (SSSR count). The minimum atomic E-state index is 0.588. The van der Waals surface area contributed by atoms with Gasteiger partial charge in [0.05, 0.1) is 6.61 Å². The lowest BCUT2D eigenvalue weighted by molar-refractivity contribution is 0.325. The van der Waals surface area contributed by atoms with Crippen LogP contribution in [-0.2, 0) is 0 Å². The molecule has 0 N–H and O–H groups in total. The molecule has 4 nitrogen and oxygen atoms in total. The molecular weight excluding hydrogens is 294 g/mol. The summed E-state index contributed by atoms with van der Waals surface area (Å²) >= 11 is 3.76. The molecule has 2 fully saturated rings. The molecule has 2 unspecified atom stereocenters. The number of aromatic nitrogens is 2. The average molecular weight is 312 g/mol. The summed E-state index contributed by atoms with van der Waals surface area (Å²) < 4.78 is 5.46. The topological polar surface area (TPSA) is 38.2 Å². The fourth-order valence-electron chi connectivity index (χ4n) is 3.12. The fourth-order valence-corrected chi connectivity index (χ4v) is 3.99. The van der Waals surface area contributed by atoms with E-state index in [4.69, 9.17) is 4.74 Å². The van der Waals surface area contributed by atoms with Gasteiger partial charge in [-0.15, -0.1) is 0 Å². The van der Waals surface area contributed by atoms with Crippen molar-refractivity contribution >= 4 is 21.9 Å². The van der Waals surface area contributed by atoms with E-state index in [2.05, 4.69) is 30.8 Å². The Balaban J connectivity index is 1.84. The zero-order valence-electron chi connectivity index (χ0n) is 10.6. The number of nitrogens with zero attached hydrogens (tertiary/aromatic N) is 3. The van der Waals surface area contributed by atoms with Gasteiger partial charge in [0.25, 0.3) is 0 Å². The van der Waals surface area contributed by atoms with Gasteiger partial charge in [-0.05, 0) is 32.6 Å². The molecule has 3 heterocycles. The normalized spacial score (nSPS) is 30.6. The van der Waals surface area contributed by atoms with E-state index in [9.17, 15) is 0 Å². The Morgan fingerprint density at radius 2 is 2.11 bits per heavy atom. The maximum atomic E-state index is 5.46. The largest absolute Gasteiger partial charge is 0.478 e. The highest BCUT2D eigenvalue weighted by Gasteiger charge is 2.41. The number of fused-ring (bicyclic) bond motifs is 2. The van der Waals surface area contributed by atoms with Gasteiger partial charge in [0.1, 0.15) is 0 Å². The number of anilines is 1. The Morgan fingerprint density at radius 3 is 2.78 bits per heavy atom. The smallest absolute Gasteiger partial charge is 0.229 e. The van der Waals surface area contributed by atoms with Gasteiger partial charge in [-0.25, -0.2) is 4.98 Å². The summed E-state index contributed by atoms with van der Waals surface area (Å²) in [6, 6.07) is 3.00. The Bertz CT molecular complexity index is 414. The third-order valence-electron chi connectivity index (χ3n) is 3.82.